The summed E-state index contributed by atoms with van der Waals surface area (Å²) in [5.74, 6) is 0. The van der Waals surface area contributed by atoms with Crippen LogP contribution in [0.3, 0.4) is 0 Å². The maximum absolute atomic E-state index is 5.75. The standard InChI is InChI=1S/2C20H15.2C7H7.2CH3.H2Si.Zr/c2*1-14-12-16-8-5-11-19(20(16)13-14)18-10-4-7-15-6-2-3-9-17(15)18;2*1-7-5-3-2-4-6-7;;;;/h2*2-13H,1H3;2*2-6H,1H2;2*1H3;1H2;. The summed E-state index contributed by atoms with van der Waals surface area (Å²) in [7, 11) is 0. The molecule has 58 heavy (non-hydrogen) atoms. The van der Waals surface area contributed by atoms with Crippen molar-refractivity contribution in [2.75, 3.05) is 0 Å². The van der Waals surface area contributed by atoms with Gasteiger partial charge < -0.3 is 0 Å². The van der Waals surface area contributed by atoms with Gasteiger partial charge in [-0.05, 0) is 0 Å². The summed E-state index contributed by atoms with van der Waals surface area (Å²) in [4.78, 5) is 0. The first-order valence-corrected chi connectivity index (χ1v) is 38.3. The average Bonchev–Trinajstić information content (AvgIpc) is 3.79. The molecule has 0 aliphatic heterocycles. The third-order valence-electron chi connectivity index (χ3n) is 15.1. The molecular weight excluding hydrogens is 792 g/mol. The zero-order valence-corrected chi connectivity index (χ0v) is 38.1. The second-order valence-corrected chi connectivity index (χ2v) is 73.3. The molecule has 0 heterocycles. The summed E-state index contributed by atoms with van der Waals surface area (Å²) in [6.45, 7) is 7.48. The van der Waals surface area contributed by atoms with Crippen LogP contribution in [0.15, 0.2) is 193 Å². The molecule has 0 spiro atoms. The Morgan fingerprint density at radius 1 is 0.397 bits per heavy atom. The summed E-state index contributed by atoms with van der Waals surface area (Å²) >= 11 is -5.75. The van der Waals surface area contributed by atoms with Crippen LogP contribution in [0, 0.1) is 0 Å². The van der Waals surface area contributed by atoms with Crippen LogP contribution < -0.4 is 0 Å². The Hall–Kier alpha value is -5.14. The van der Waals surface area contributed by atoms with E-state index in [0.29, 0.717) is 0 Å². The van der Waals surface area contributed by atoms with E-state index in [4.69, 9.17) is 0 Å². The summed E-state index contributed by atoms with van der Waals surface area (Å²) in [5.41, 5.74) is 17.0. The van der Waals surface area contributed by atoms with E-state index in [9.17, 15) is 0 Å². The van der Waals surface area contributed by atoms with Crippen molar-refractivity contribution in [2.24, 2.45) is 0 Å². The number of benzene rings is 8. The van der Waals surface area contributed by atoms with Crippen molar-refractivity contribution >= 4 is 40.6 Å². The van der Waals surface area contributed by atoms with Gasteiger partial charge in [0.2, 0.25) is 0 Å². The zero-order valence-electron chi connectivity index (χ0n) is 34.3. The molecule has 0 amide bonds. The van der Waals surface area contributed by atoms with E-state index < -0.39 is 14.4 Å². The average molecular weight is 844 g/mol. The molecule has 0 nitrogen and oxygen atoms in total. The van der Waals surface area contributed by atoms with Crippen molar-refractivity contribution in [3.8, 4) is 22.3 Å². The fourth-order valence-corrected chi connectivity index (χ4v) is 56.4. The van der Waals surface area contributed by atoms with Crippen LogP contribution in [0.1, 0.15) is 54.5 Å². The Morgan fingerprint density at radius 2 is 0.741 bits per heavy atom. The Balaban J connectivity index is 1.31. The van der Waals surface area contributed by atoms with Gasteiger partial charge in [0, 0.05) is 0 Å². The predicted molar refractivity (Wildman–Crippen MR) is 252 cm³/mol. The van der Waals surface area contributed by atoms with Crippen LogP contribution >= 0.6 is 0 Å². The van der Waals surface area contributed by atoms with Crippen LogP contribution in [0.4, 0.5) is 0 Å². The monoisotopic (exact) mass is 842 g/mol. The summed E-state index contributed by atoms with van der Waals surface area (Å²) < 4.78 is 8.40. The molecule has 0 aromatic heterocycles. The van der Waals surface area contributed by atoms with Crippen molar-refractivity contribution in [3.05, 3.63) is 227 Å². The van der Waals surface area contributed by atoms with Crippen molar-refractivity contribution in [1.29, 1.82) is 0 Å². The molecule has 0 saturated carbocycles. The summed E-state index contributed by atoms with van der Waals surface area (Å²) in [6, 6.07) is 68.9. The van der Waals surface area contributed by atoms with Crippen LogP contribution in [0.5, 0.6) is 0 Å². The number of rotatable bonds is 8. The molecule has 8 aromatic rings. The van der Waals surface area contributed by atoms with E-state index in [1.807, 2.05) is 0 Å². The van der Waals surface area contributed by atoms with Crippen LogP contribution in [-0.4, -0.2) is 6.88 Å². The van der Waals surface area contributed by atoms with Crippen molar-refractivity contribution in [3.63, 3.8) is 0 Å². The number of fused-ring (bicyclic) bond motifs is 4. The molecule has 0 bridgehead atoms. The van der Waals surface area contributed by atoms with Gasteiger partial charge in [0.1, 0.15) is 0 Å². The Bertz CT molecular complexity index is 2950. The molecule has 2 heteroatoms. The normalized spacial score (nSPS) is 18.0. The number of hydrogen-bond donors (Lipinski definition) is 0. The SMILES string of the molecule is CC1=Cc2c(-c3cccc4ccccc34)cccc2[CH]1[Zr]([CH3])([CH3])(=[SiH2])([CH2]c1ccccc1)([CH2]c1ccccc1)[CH]1C(C)=Cc2c(-c3cccc4ccccc34)cccc21. The molecule has 2 aliphatic carbocycles. The van der Waals surface area contributed by atoms with Gasteiger partial charge in [-0.1, -0.05) is 0 Å². The molecule has 0 saturated heterocycles. The molecule has 10 rings (SSSR count). The fraction of sp³-hybridized carbons (Fsp3) is 0.143. The van der Waals surface area contributed by atoms with E-state index in [1.54, 1.807) is 0 Å². The Labute approximate surface area is 339 Å². The summed E-state index contributed by atoms with van der Waals surface area (Å²) in [5, 5.41) is 5.19. The minimum atomic E-state index is -5.75. The molecular formula is C56H52SiZr. The van der Waals surface area contributed by atoms with Gasteiger partial charge in [-0.3, -0.25) is 0 Å². The van der Waals surface area contributed by atoms with Crippen LogP contribution in [-0.2, 0) is 22.7 Å². The fourth-order valence-electron chi connectivity index (χ4n) is 13.8. The molecule has 284 valence electrons. The van der Waals surface area contributed by atoms with E-state index in [0.717, 1.165) is 8.26 Å². The van der Waals surface area contributed by atoms with Gasteiger partial charge in [-0.25, -0.2) is 0 Å². The molecule has 2 aliphatic rings. The van der Waals surface area contributed by atoms with Gasteiger partial charge >= 0.3 is 342 Å². The molecule has 0 radical (unpaired) electrons. The molecule has 2 unspecified atom stereocenters. The van der Waals surface area contributed by atoms with Crippen LogP contribution in [0.2, 0.25) is 9.26 Å². The molecule has 0 N–H and O–H groups in total. The quantitative estimate of drug-likeness (QED) is 0.134. The van der Waals surface area contributed by atoms with Gasteiger partial charge in [0.05, 0.1) is 0 Å². The predicted octanol–water partition coefficient (Wildman–Crippen LogP) is 14.7. The Morgan fingerprint density at radius 3 is 1.17 bits per heavy atom. The first kappa shape index (κ1) is 37.2. The third-order valence-corrected chi connectivity index (χ3v) is 50.0. The molecule has 2 atom stereocenters. The van der Waals surface area contributed by atoms with Gasteiger partial charge in [0.25, 0.3) is 0 Å². The minimum absolute atomic E-state index is 0.237. The van der Waals surface area contributed by atoms with E-state index >= 15 is 0 Å². The molecule has 8 aromatic carbocycles. The van der Waals surface area contributed by atoms with Gasteiger partial charge in [-0.15, -0.1) is 0 Å². The van der Waals surface area contributed by atoms with Crippen molar-refractivity contribution in [2.45, 2.75) is 38.6 Å². The Kier molecular flexibility index (Phi) is 7.97. The van der Waals surface area contributed by atoms with E-state index in [1.165, 1.54) is 88.3 Å². The second-order valence-electron chi connectivity index (χ2n) is 20.6. The summed E-state index contributed by atoms with van der Waals surface area (Å²) in [6.07, 6.45) is 5.20. The van der Waals surface area contributed by atoms with Crippen molar-refractivity contribution in [1.82, 2.24) is 0 Å². The van der Waals surface area contributed by atoms with Gasteiger partial charge in [0.15, 0.2) is 0 Å². The zero-order chi connectivity index (χ0) is 39.8. The second kappa shape index (κ2) is 12.4. The third kappa shape index (κ3) is 5.41. The molecule has 0 fully saturated rings. The number of allylic oxidation sites excluding steroid dienone is 2. The first-order valence-electron chi connectivity index (χ1n) is 21.1. The maximum atomic E-state index is 2.92. The van der Waals surface area contributed by atoms with Crippen LogP contribution in [0.25, 0.3) is 56.0 Å². The number of hydrogen-bond acceptors (Lipinski definition) is 0. The first-order chi connectivity index (χ1) is 27.9. The topological polar surface area (TPSA) is 0 Å². The van der Waals surface area contributed by atoms with E-state index in [-0.39, 0.29) is 7.25 Å². The van der Waals surface area contributed by atoms with Gasteiger partial charge in [-0.2, -0.15) is 0 Å². The van der Waals surface area contributed by atoms with Crippen molar-refractivity contribution < 1.29 is 14.4 Å². The van der Waals surface area contributed by atoms with E-state index in [2.05, 4.69) is 224 Å².